The summed E-state index contributed by atoms with van der Waals surface area (Å²) in [6, 6.07) is 30.0. The minimum Gasteiger partial charge on any atom is -0.456 e. The molecular formula is C27H23NO. The van der Waals surface area contributed by atoms with E-state index in [0.717, 1.165) is 22.2 Å². The molecule has 0 saturated heterocycles. The summed E-state index contributed by atoms with van der Waals surface area (Å²) in [4.78, 5) is 0. The van der Waals surface area contributed by atoms with Crippen molar-refractivity contribution in [2.24, 2.45) is 0 Å². The van der Waals surface area contributed by atoms with Crippen molar-refractivity contribution < 1.29 is 4.42 Å². The van der Waals surface area contributed by atoms with E-state index in [2.05, 4.69) is 96.4 Å². The van der Waals surface area contributed by atoms with E-state index in [1.165, 1.54) is 32.8 Å². The molecule has 29 heavy (non-hydrogen) atoms. The fourth-order valence-electron chi connectivity index (χ4n) is 4.22. The summed E-state index contributed by atoms with van der Waals surface area (Å²) >= 11 is 0. The third-order valence-electron chi connectivity index (χ3n) is 5.45. The third-order valence-corrected chi connectivity index (χ3v) is 5.45. The van der Waals surface area contributed by atoms with Crippen molar-refractivity contribution in [2.45, 2.75) is 20.8 Å². The lowest BCUT2D eigenvalue weighted by molar-refractivity contribution is 0.669. The molecule has 0 spiro atoms. The summed E-state index contributed by atoms with van der Waals surface area (Å²) < 4.78 is 8.39. The van der Waals surface area contributed by atoms with Crippen molar-refractivity contribution >= 4 is 43.7 Å². The van der Waals surface area contributed by atoms with E-state index >= 15 is 0 Å². The lowest BCUT2D eigenvalue weighted by Crippen LogP contribution is -1.93. The number of rotatable bonds is 1. The Bertz CT molecular complexity index is 1430. The molecule has 4 aromatic carbocycles. The standard InChI is InChI=1S/C25H17NO.C2H6/c1-16-10-12-24-20(14-16)21-15-17(11-13-25(21)27-24)26-22-8-4-2-6-18(22)19-7-3-5-9-23(19)26;1-2/h2-15H,1H3;1-2H3. The topological polar surface area (TPSA) is 18.1 Å². The van der Waals surface area contributed by atoms with Gasteiger partial charge in [0.25, 0.3) is 0 Å². The van der Waals surface area contributed by atoms with Crippen molar-refractivity contribution in [3.63, 3.8) is 0 Å². The van der Waals surface area contributed by atoms with Crippen LogP contribution in [0.3, 0.4) is 0 Å². The van der Waals surface area contributed by atoms with Gasteiger partial charge < -0.3 is 8.98 Å². The third kappa shape index (κ3) is 2.64. The fourth-order valence-corrected chi connectivity index (χ4v) is 4.22. The normalized spacial score (nSPS) is 11.3. The Labute approximate surface area is 170 Å². The van der Waals surface area contributed by atoms with Gasteiger partial charge in [0.15, 0.2) is 0 Å². The monoisotopic (exact) mass is 377 g/mol. The first-order valence-electron chi connectivity index (χ1n) is 10.2. The Morgan fingerprint density at radius 3 is 1.79 bits per heavy atom. The van der Waals surface area contributed by atoms with Crippen LogP contribution in [0.15, 0.2) is 89.3 Å². The Kier molecular flexibility index (Phi) is 4.13. The molecule has 0 N–H and O–H groups in total. The minimum atomic E-state index is 0.931. The van der Waals surface area contributed by atoms with Crippen LogP contribution in [0.4, 0.5) is 0 Å². The molecule has 2 nitrogen and oxygen atoms in total. The molecule has 0 atom stereocenters. The number of para-hydroxylation sites is 2. The lowest BCUT2D eigenvalue weighted by Gasteiger charge is -2.08. The molecule has 0 saturated carbocycles. The molecule has 142 valence electrons. The molecule has 0 fully saturated rings. The molecule has 0 aliphatic rings. The second kappa shape index (κ2) is 6.82. The highest BCUT2D eigenvalue weighted by atomic mass is 16.3. The minimum absolute atomic E-state index is 0.931. The molecule has 6 rings (SSSR count). The van der Waals surface area contributed by atoms with E-state index in [0.29, 0.717) is 0 Å². The van der Waals surface area contributed by atoms with Gasteiger partial charge >= 0.3 is 0 Å². The lowest BCUT2D eigenvalue weighted by atomic mass is 10.1. The molecule has 0 radical (unpaired) electrons. The van der Waals surface area contributed by atoms with Crippen LogP contribution in [0.1, 0.15) is 19.4 Å². The van der Waals surface area contributed by atoms with E-state index < -0.39 is 0 Å². The predicted molar refractivity (Wildman–Crippen MR) is 124 cm³/mol. The van der Waals surface area contributed by atoms with Gasteiger partial charge in [-0.05, 0) is 49.4 Å². The maximum Gasteiger partial charge on any atom is 0.135 e. The van der Waals surface area contributed by atoms with Crippen LogP contribution < -0.4 is 0 Å². The number of aromatic nitrogens is 1. The Balaban J connectivity index is 0.000000882. The highest BCUT2D eigenvalue weighted by Crippen LogP contribution is 2.35. The van der Waals surface area contributed by atoms with Crippen LogP contribution in [0.25, 0.3) is 49.4 Å². The van der Waals surface area contributed by atoms with Gasteiger partial charge in [-0.15, -0.1) is 0 Å². The zero-order valence-electron chi connectivity index (χ0n) is 16.9. The summed E-state index contributed by atoms with van der Waals surface area (Å²) in [6.07, 6.45) is 0. The molecule has 2 aromatic heterocycles. The van der Waals surface area contributed by atoms with Crippen LogP contribution in [0.5, 0.6) is 0 Å². The predicted octanol–water partition coefficient (Wildman–Crippen LogP) is 8.02. The summed E-state index contributed by atoms with van der Waals surface area (Å²) in [5, 5.41) is 4.89. The van der Waals surface area contributed by atoms with Gasteiger partial charge in [-0.3, -0.25) is 0 Å². The van der Waals surface area contributed by atoms with Crippen molar-refractivity contribution in [3.8, 4) is 5.69 Å². The van der Waals surface area contributed by atoms with E-state index in [1.54, 1.807) is 0 Å². The summed E-state index contributed by atoms with van der Waals surface area (Å²) in [6.45, 7) is 6.12. The summed E-state index contributed by atoms with van der Waals surface area (Å²) in [7, 11) is 0. The first-order valence-corrected chi connectivity index (χ1v) is 10.2. The smallest absolute Gasteiger partial charge is 0.135 e. The summed E-state index contributed by atoms with van der Waals surface area (Å²) in [5.74, 6) is 0. The second-order valence-electron chi connectivity index (χ2n) is 7.15. The number of aryl methyl sites for hydroxylation is 1. The van der Waals surface area contributed by atoms with Gasteiger partial charge in [0.2, 0.25) is 0 Å². The number of benzene rings is 4. The largest absolute Gasteiger partial charge is 0.456 e. The first kappa shape index (κ1) is 17.6. The molecular weight excluding hydrogens is 354 g/mol. The van der Waals surface area contributed by atoms with E-state index in [-0.39, 0.29) is 0 Å². The van der Waals surface area contributed by atoms with Crippen molar-refractivity contribution in [1.82, 2.24) is 4.57 Å². The average Bonchev–Trinajstić information content (AvgIpc) is 3.30. The first-order chi connectivity index (χ1) is 14.3. The molecule has 2 heterocycles. The summed E-state index contributed by atoms with van der Waals surface area (Å²) in [5.41, 5.74) is 6.72. The van der Waals surface area contributed by atoms with Crippen LogP contribution in [0.2, 0.25) is 0 Å². The molecule has 0 aliphatic carbocycles. The number of hydrogen-bond acceptors (Lipinski definition) is 1. The van der Waals surface area contributed by atoms with Crippen molar-refractivity contribution in [2.75, 3.05) is 0 Å². The molecule has 2 heteroatoms. The molecule has 6 aromatic rings. The molecule has 0 bridgehead atoms. The van der Waals surface area contributed by atoms with Crippen LogP contribution in [0, 0.1) is 6.92 Å². The van der Waals surface area contributed by atoms with Crippen LogP contribution >= 0.6 is 0 Å². The van der Waals surface area contributed by atoms with Gasteiger partial charge in [-0.1, -0.05) is 61.9 Å². The molecule has 0 unspecified atom stereocenters. The average molecular weight is 377 g/mol. The highest BCUT2D eigenvalue weighted by molar-refractivity contribution is 6.10. The van der Waals surface area contributed by atoms with Crippen LogP contribution in [-0.4, -0.2) is 4.57 Å². The Hall–Kier alpha value is -3.52. The highest BCUT2D eigenvalue weighted by Gasteiger charge is 2.13. The molecule has 0 aliphatic heterocycles. The van der Waals surface area contributed by atoms with E-state index in [4.69, 9.17) is 4.42 Å². The number of nitrogens with zero attached hydrogens (tertiary/aromatic N) is 1. The second-order valence-corrected chi connectivity index (χ2v) is 7.15. The zero-order chi connectivity index (χ0) is 20.0. The number of hydrogen-bond donors (Lipinski definition) is 0. The van der Waals surface area contributed by atoms with Crippen molar-refractivity contribution in [1.29, 1.82) is 0 Å². The van der Waals surface area contributed by atoms with E-state index in [9.17, 15) is 0 Å². The Morgan fingerprint density at radius 2 is 1.14 bits per heavy atom. The fraction of sp³-hybridized carbons (Fsp3) is 0.111. The Morgan fingerprint density at radius 1 is 0.586 bits per heavy atom. The SMILES string of the molecule is CC.Cc1ccc2oc3ccc(-n4c5ccccc5c5ccccc54)cc3c2c1. The van der Waals surface area contributed by atoms with Crippen LogP contribution in [-0.2, 0) is 0 Å². The van der Waals surface area contributed by atoms with Gasteiger partial charge in [0.1, 0.15) is 11.2 Å². The maximum atomic E-state index is 6.05. The molecule has 0 amide bonds. The van der Waals surface area contributed by atoms with Gasteiger partial charge in [-0.2, -0.15) is 0 Å². The maximum absolute atomic E-state index is 6.05. The van der Waals surface area contributed by atoms with Gasteiger partial charge in [0.05, 0.1) is 11.0 Å². The van der Waals surface area contributed by atoms with Gasteiger partial charge in [-0.25, -0.2) is 0 Å². The number of furan rings is 1. The van der Waals surface area contributed by atoms with Gasteiger partial charge in [0, 0.05) is 27.2 Å². The zero-order valence-corrected chi connectivity index (χ0v) is 16.9. The van der Waals surface area contributed by atoms with E-state index in [1.807, 2.05) is 13.8 Å². The quantitative estimate of drug-likeness (QED) is 0.284. The van der Waals surface area contributed by atoms with Crippen molar-refractivity contribution in [3.05, 3.63) is 90.5 Å². The number of fused-ring (bicyclic) bond motifs is 6.